The second-order valence-electron chi connectivity index (χ2n) is 36.0. The van der Waals surface area contributed by atoms with Crippen LogP contribution in [-0.2, 0) is 0 Å². The molecule has 12 fully saturated rings. The molecule has 0 aliphatic heterocycles. The summed E-state index contributed by atoms with van der Waals surface area (Å²) in [5.41, 5.74) is 3.58. The van der Waals surface area contributed by atoms with Crippen molar-refractivity contribution in [3.63, 3.8) is 0 Å². The van der Waals surface area contributed by atoms with Crippen LogP contribution in [0.5, 0.6) is 0 Å². The van der Waals surface area contributed by atoms with Gasteiger partial charge in [-0.15, -0.1) is 0 Å². The van der Waals surface area contributed by atoms with Crippen LogP contribution in [0.15, 0.2) is 0 Å². The summed E-state index contributed by atoms with van der Waals surface area (Å²) in [7, 11) is 0. The first kappa shape index (κ1) is 82.0. The lowest BCUT2D eigenvalue weighted by Crippen LogP contribution is -2.31. The van der Waals surface area contributed by atoms with Gasteiger partial charge in [0.15, 0.2) is 0 Å². The minimum absolute atomic E-state index is 0.681. The molecule has 0 heteroatoms. The molecule has 0 heterocycles. The third-order valence-electron chi connectivity index (χ3n) is 27.0. The molecule has 0 bridgehead atoms. The van der Waals surface area contributed by atoms with Crippen LogP contribution in [0.1, 0.15) is 418 Å². The highest BCUT2D eigenvalue weighted by Crippen LogP contribution is 2.47. The van der Waals surface area contributed by atoms with Crippen molar-refractivity contribution in [2.75, 3.05) is 0 Å². The molecule has 504 valence electrons. The zero-order chi connectivity index (χ0) is 63.9. The lowest BCUT2D eigenvalue weighted by molar-refractivity contribution is 0.0891. The molecule has 12 rings (SSSR count). The Labute approximate surface area is 536 Å². The summed E-state index contributed by atoms with van der Waals surface area (Å²) in [6.45, 7) is 60.6. The Bertz CT molecular complexity index is 1400. The van der Waals surface area contributed by atoms with Gasteiger partial charge in [-0.1, -0.05) is 321 Å². The molecule has 12 saturated carbocycles. The third kappa shape index (κ3) is 32.8. The molecule has 0 radical (unpaired) electrons. The highest BCUT2D eigenvalue weighted by atomic mass is 14.4. The monoisotopic (exact) mass is 1180 g/mol. The molecule has 12 aliphatic carbocycles. The van der Waals surface area contributed by atoms with Gasteiger partial charge in [-0.2, -0.15) is 0 Å². The van der Waals surface area contributed by atoms with Gasteiger partial charge in [0.25, 0.3) is 0 Å². The second-order valence-corrected chi connectivity index (χ2v) is 36.0. The molecule has 0 spiro atoms. The predicted molar refractivity (Wildman–Crippen MR) is 386 cm³/mol. The molecule has 0 saturated heterocycles. The van der Waals surface area contributed by atoms with E-state index in [1.54, 1.807) is 0 Å². The van der Waals surface area contributed by atoms with Crippen LogP contribution in [-0.4, -0.2) is 0 Å². The minimum atomic E-state index is 0.681. The maximum absolute atomic E-state index is 2.39. The highest BCUT2D eigenvalue weighted by Gasteiger charge is 2.36. The van der Waals surface area contributed by atoms with Crippen LogP contribution >= 0.6 is 0 Å². The van der Waals surface area contributed by atoms with Crippen LogP contribution in [0, 0.1) is 122 Å². The lowest BCUT2D eigenvalue weighted by atomic mass is 9.64. The third-order valence-corrected chi connectivity index (χ3v) is 27.0. The molecule has 0 amide bonds. The summed E-state index contributed by atoms with van der Waals surface area (Å²) >= 11 is 0. The molecule has 0 N–H and O–H groups in total. The van der Waals surface area contributed by atoms with Gasteiger partial charge in [0.1, 0.15) is 0 Å². The maximum Gasteiger partial charge on any atom is -0.0328 e. The first-order valence-corrected chi connectivity index (χ1v) is 39.3. The van der Waals surface area contributed by atoms with Crippen molar-refractivity contribution in [2.24, 2.45) is 122 Å². The van der Waals surface area contributed by atoms with E-state index >= 15 is 0 Å². The van der Waals surface area contributed by atoms with E-state index in [-0.39, 0.29) is 0 Å². The molecule has 0 aromatic heterocycles. The van der Waals surface area contributed by atoms with Gasteiger partial charge in [-0.25, -0.2) is 0 Å². The number of hydrogen-bond donors (Lipinski definition) is 0. The van der Waals surface area contributed by atoms with E-state index in [1.807, 2.05) is 0 Å². The first-order valence-electron chi connectivity index (χ1n) is 39.3. The van der Waals surface area contributed by atoms with E-state index in [0.29, 0.717) is 16.2 Å². The van der Waals surface area contributed by atoms with Gasteiger partial charge in [0.05, 0.1) is 0 Å². The van der Waals surface area contributed by atoms with E-state index in [9.17, 15) is 0 Å². The van der Waals surface area contributed by atoms with Crippen molar-refractivity contribution in [1.82, 2.24) is 0 Å². The SMILES string of the molecule is CC(C)C1CCC1.CC1CC(C)(C)C1.CC1CCC1(C)C.CC1C[C@H](C)C1C.CCC1(C)CCC1.CCC1(C)CCC1.CCC1CC(C)C1.CCC1CCC1C.CCC1CCCC1.CCC1CC[C@@H]1C.CCCC1CCC1.C[C@H]1CCC1(C)C. The van der Waals surface area contributed by atoms with Gasteiger partial charge in [0, 0.05) is 0 Å². The number of rotatable bonds is 9. The van der Waals surface area contributed by atoms with E-state index in [1.165, 1.54) is 238 Å². The lowest BCUT2D eigenvalue weighted by Gasteiger charge is -2.42. The molecule has 12 aliphatic rings. The Morgan fingerprint density at radius 2 is 0.738 bits per heavy atom. The Kier molecular flexibility index (Phi) is 41.2. The predicted octanol–water partition coefficient (Wildman–Crippen LogP) is 29.7. The average molecular weight is 1180 g/mol. The zero-order valence-corrected chi connectivity index (χ0v) is 63.9. The molecule has 9 atom stereocenters. The summed E-state index contributed by atoms with van der Waals surface area (Å²) < 4.78 is 0. The van der Waals surface area contributed by atoms with Crippen LogP contribution in [0.4, 0.5) is 0 Å². The van der Waals surface area contributed by atoms with Gasteiger partial charge in [-0.3, -0.25) is 0 Å². The molecule has 84 heavy (non-hydrogen) atoms. The normalized spacial score (nSPS) is 33.1. The van der Waals surface area contributed by atoms with Gasteiger partial charge in [-0.05, 0) is 218 Å². The summed E-state index contributed by atoms with van der Waals surface area (Å²) in [5.74, 6) is 16.6. The fourth-order valence-electron chi connectivity index (χ4n) is 15.3. The zero-order valence-electron chi connectivity index (χ0n) is 63.9. The fourth-order valence-corrected chi connectivity index (χ4v) is 15.3. The summed E-state index contributed by atoms with van der Waals surface area (Å²) in [4.78, 5) is 0. The van der Waals surface area contributed by atoms with Crippen LogP contribution in [0.25, 0.3) is 0 Å². The smallest absolute Gasteiger partial charge is 0.0328 e. The Hall–Kier alpha value is 0. The topological polar surface area (TPSA) is 0 Å². The second kappa shape index (κ2) is 42.2. The van der Waals surface area contributed by atoms with E-state index in [4.69, 9.17) is 0 Å². The Morgan fingerprint density at radius 3 is 0.786 bits per heavy atom. The molecule has 0 aromatic carbocycles. The van der Waals surface area contributed by atoms with Gasteiger partial charge >= 0.3 is 0 Å². The van der Waals surface area contributed by atoms with E-state index < -0.39 is 0 Å². The molecule has 0 aromatic rings. The van der Waals surface area contributed by atoms with E-state index in [0.717, 1.165) is 106 Å². The number of hydrogen-bond acceptors (Lipinski definition) is 0. The average Bonchev–Trinajstić information content (AvgIpc) is 3.97. The Morgan fingerprint density at radius 1 is 0.357 bits per heavy atom. The van der Waals surface area contributed by atoms with Crippen LogP contribution in [0.2, 0.25) is 0 Å². The van der Waals surface area contributed by atoms with Crippen molar-refractivity contribution in [2.45, 2.75) is 418 Å². The first-order chi connectivity index (χ1) is 39.3. The maximum atomic E-state index is 2.39. The fraction of sp³-hybridized carbons (Fsp3) is 1.00. The minimum Gasteiger partial charge on any atom is -0.0654 e. The summed E-state index contributed by atoms with van der Waals surface area (Å²) in [6.07, 6.45) is 54.3. The van der Waals surface area contributed by atoms with Crippen molar-refractivity contribution in [1.29, 1.82) is 0 Å². The van der Waals surface area contributed by atoms with Crippen LogP contribution in [0.3, 0.4) is 0 Å². The Balaban J connectivity index is 0.000000458. The van der Waals surface area contributed by atoms with Gasteiger partial charge < -0.3 is 0 Å². The molecular weight excluding hydrogens is 1010 g/mol. The van der Waals surface area contributed by atoms with E-state index in [2.05, 4.69) is 180 Å². The standard InChI is InChI=1S/12C7H14/c1-6-4-7(2,3)5-6;2*1-6-4-5-7(6,2)3;1-5-4-6(2)7(5)3;1-6(2)7-4-3-5-7;1-3-7-4-6(2)5-7;2*1-3-7(2)5-4-6-7;2*1-3-7-5-4-6(7)2;1-2-7-5-3-4-6-7;1-2-4-7-5-3-6-7/h3*6H,4-5H2,1-3H3;5-7H,4H2,1-3H3;2*6-7H,3-5H2,1-2H3;2*3-6H2,1-2H3;2*6-7H,3-5H2,1-2H3;2*7H,2-6H2,1H3/t;6-;;5-,6?,7?;;;;;6-,7?;;;/m.0.0....0.../s1. The molecular formula is C84H168. The quantitative estimate of drug-likeness (QED) is 0.216. The highest BCUT2D eigenvalue weighted by molar-refractivity contribution is 4.87. The van der Waals surface area contributed by atoms with Gasteiger partial charge in [0.2, 0.25) is 0 Å². The molecule has 6 unspecified atom stereocenters. The van der Waals surface area contributed by atoms with Crippen LogP contribution < -0.4 is 0 Å². The van der Waals surface area contributed by atoms with Crippen molar-refractivity contribution in [3.8, 4) is 0 Å². The molecule has 0 nitrogen and oxygen atoms in total. The van der Waals surface area contributed by atoms with Crippen molar-refractivity contribution >= 4 is 0 Å². The van der Waals surface area contributed by atoms with Crippen molar-refractivity contribution < 1.29 is 0 Å². The largest absolute Gasteiger partial charge is 0.0654 e. The summed E-state index contributed by atoms with van der Waals surface area (Å²) in [6, 6.07) is 0. The van der Waals surface area contributed by atoms with Crippen molar-refractivity contribution in [3.05, 3.63) is 0 Å². The summed E-state index contributed by atoms with van der Waals surface area (Å²) in [5, 5.41) is 0.